The zero-order valence-electron chi connectivity index (χ0n) is 10.3. The van der Waals surface area contributed by atoms with Gasteiger partial charge in [-0.2, -0.15) is 0 Å². The molecule has 0 atom stereocenters. The van der Waals surface area contributed by atoms with Gasteiger partial charge in [0.1, 0.15) is 0 Å². The predicted octanol–water partition coefficient (Wildman–Crippen LogP) is 2.11. The first-order valence-electron chi connectivity index (χ1n) is 6.06. The highest BCUT2D eigenvalue weighted by atomic mass is 16.3. The summed E-state index contributed by atoms with van der Waals surface area (Å²) < 4.78 is 0. The summed E-state index contributed by atoms with van der Waals surface area (Å²) in [7, 11) is 0. The second-order valence-electron chi connectivity index (χ2n) is 4.93. The number of carbonyl (C=O) groups excluding carboxylic acids is 1. The third-order valence-electron chi connectivity index (χ3n) is 2.88. The molecule has 1 aliphatic rings. The lowest BCUT2D eigenvalue weighted by Gasteiger charge is -2.16. The van der Waals surface area contributed by atoms with Crippen LogP contribution in [0.5, 0.6) is 5.75 Å². The molecule has 1 aromatic rings. The first-order valence-corrected chi connectivity index (χ1v) is 6.06. The van der Waals surface area contributed by atoms with Crippen molar-refractivity contribution in [3.8, 4) is 5.75 Å². The molecule has 0 saturated carbocycles. The Morgan fingerprint density at radius 1 is 1.53 bits per heavy atom. The summed E-state index contributed by atoms with van der Waals surface area (Å²) in [5, 5.41) is 9.93. The Hall–Kier alpha value is -1.58. The van der Waals surface area contributed by atoms with Crippen LogP contribution >= 0.6 is 0 Å². The molecule has 2 heterocycles. The van der Waals surface area contributed by atoms with Crippen molar-refractivity contribution in [1.82, 2.24) is 4.98 Å². The minimum atomic E-state index is 0.0457. The quantitative estimate of drug-likeness (QED) is 0.871. The van der Waals surface area contributed by atoms with Gasteiger partial charge in [0, 0.05) is 19.2 Å². The smallest absolute Gasteiger partial charge is 0.228 e. The van der Waals surface area contributed by atoms with Gasteiger partial charge in [-0.1, -0.05) is 13.8 Å². The van der Waals surface area contributed by atoms with E-state index in [9.17, 15) is 9.90 Å². The van der Waals surface area contributed by atoms with Gasteiger partial charge < -0.3 is 5.11 Å². The van der Waals surface area contributed by atoms with E-state index in [0.29, 0.717) is 24.7 Å². The lowest BCUT2D eigenvalue weighted by molar-refractivity contribution is -0.117. The molecule has 0 aromatic carbocycles. The summed E-state index contributed by atoms with van der Waals surface area (Å²) in [6, 6.07) is 1.72. The fourth-order valence-corrected chi connectivity index (χ4v) is 2.15. The number of nitrogens with zero attached hydrogens (tertiary/aromatic N) is 2. The molecular formula is C13H18N2O2. The van der Waals surface area contributed by atoms with E-state index in [4.69, 9.17) is 0 Å². The van der Waals surface area contributed by atoms with Crippen molar-refractivity contribution in [2.45, 2.75) is 33.1 Å². The monoisotopic (exact) mass is 234 g/mol. The first kappa shape index (κ1) is 11.9. The average molecular weight is 234 g/mol. The summed E-state index contributed by atoms with van der Waals surface area (Å²) >= 11 is 0. The van der Waals surface area contributed by atoms with Crippen LogP contribution in [0.25, 0.3) is 0 Å². The highest BCUT2D eigenvalue weighted by Gasteiger charge is 2.25. The third kappa shape index (κ3) is 2.57. The Morgan fingerprint density at radius 3 is 2.82 bits per heavy atom. The predicted molar refractivity (Wildman–Crippen MR) is 66.0 cm³/mol. The minimum absolute atomic E-state index is 0.0457. The molecule has 0 unspecified atom stereocenters. The summed E-state index contributed by atoms with van der Waals surface area (Å²) in [6.45, 7) is 4.90. The third-order valence-corrected chi connectivity index (χ3v) is 2.88. The zero-order valence-corrected chi connectivity index (χ0v) is 10.3. The molecule has 1 fully saturated rings. The largest absolute Gasteiger partial charge is 0.504 e. The molecule has 0 spiro atoms. The van der Waals surface area contributed by atoms with Gasteiger partial charge in [-0.3, -0.25) is 9.69 Å². The van der Waals surface area contributed by atoms with Crippen LogP contribution in [-0.2, 0) is 11.2 Å². The van der Waals surface area contributed by atoms with Crippen LogP contribution in [0.15, 0.2) is 12.3 Å². The molecule has 4 nitrogen and oxygen atoms in total. The summed E-state index contributed by atoms with van der Waals surface area (Å²) in [4.78, 5) is 17.3. The van der Waals surface area contributed by atoms with Gasteiger partial charge in [0.2, 0.25) is 5.91 Å². The molecule has 4 heteroatoms. The molecule has 1 saturated heterocycles. The summed E-state index contributed by atoms with van der Waals surface area (Å²) in [6.07, 6.45) is 4.03. The lowest BCUT2D eigenvalue weighted by Crippen LogP contribution is -2.24. The van der Waals surface area contributed by atoms with Gasteiger partial charge in [-0.05, 0) is 30.4 Å². The van der Waals surface area contributed by atoms with Crippen LogP contribution in [-0.4, -0.2) is 22.5 Å². The Morgan fingerprint density at radius 2 is 2.29 bits per heavy atom. The van der Waals surface area contributed by atoms with E-state index in [2.05, 4.69) is 18.8 Å². The van der Waals surface area contributed by atoms with Gasteiger partial charge in [0.05, 0.1) is 0 Å². The maximum atomic E-state index is 11.6. The normalized spacial score (nSPS) is 15.9. The number of hydrogen-bond acceptors (Lipinski definition) is 3. The van der Waals surface area contributed by atoms with Crippen LogP contribution in [0.3, 0.4) is 0 Å². The highest BCUT2D eigenvalue weighted by Crippen LogP contribution is 2.29. The highest BCUT2D eigenvalue weighted by molar-refractivity contribution is 5.95. The van der Waals surface area contributed by atoms with Gasteiger partial charge in [0.15, 0.2) is 11.6 Å². The average Bonchev–Trinajstić information content (AvgIpc) is 2.64. The van der Waals surface area contributed by atoms with E-state index in [-0.39, 0.29) is 11.7 Å². The van der Waals surface area contributed by atoms with E-state index >= 15 is 0 Å². The lowest BCUT2D eigenvalue weighted by atomic mass is 10.0. The SMILES string of the molecule is CC(C)Cc1cnc(N2CCCC2=O)c(O)c1. The Kier molecular flexibility index (Phi) is 3.31. The number of amides is 1. The van der Waals surface area contributed by atoms with E-state index in [1.807, 2.05) is 0 Å². The molecule has 1 N–H and O–H groups in total. The molecule has 1 amide bonds. The van der Waals surface area contributed by atoms with Crippen molar-refractivity contribution in [2.24, 2.45) is 5.92 Å². The fourth-order valence-electron chi connectivity index (χ4n) is 2.15. The van der Waals surface area contributed by atoms with E-state index in [1.54, 1.807) is 17.2 Å². The van der Waals surface area contributed by atoms with Crippen molar-refractivity contribution in [2.75, 3.05) is 11.4 Å². The van der Waals surface area contributed by atoms with Gasteiger partial charge in [0.25, 0.3) is 0 Å². The second-order valence-corrected chi connectivity index (χ2v) is 4.93. The molecule has 0 radical (unpaired) electrons. The van der Waals surface area contributed by atoms with E-state index < -0.39 is 0 Å². The number of aromatic hydroxyl groups is 1. The van der Waals surface area contributed by atoms with E-state index in [0.717, 1.165) is 18.4 Å². The number of rotatable bonds is 3. The van der Waals surface area contributed by atoms with Crippen molar-refractivity contribution >= 4 is 11.7 Å². The Labute approximate surface area is 101 Å². The van der Waals surface area contributed by atoms with E-state index in [1.165, 1.54) is 0 Å². The van der Waals surface area contributed by atoms with Crippen molar-refractivity contribution < 1.29 is 9.90 Å². The minimum Gasteiger partial charge on any atom is -0.504 e. The first-order chi connectivity index (χ1) is 8.08. The zero-order chi connectivity index (χ0) is 12.4. The number of aromatic nitrogens is 1. The second kappa shape index (κ2) is 4.73. The number of carbonyl (C=O) groups is 1. The number of pyridine rings is 1. The molecule has 1 aromatic heterocycles. The topological polar surface area (TPSA) is 53.4 Å². The maximum Gasteiger partial charge on any atom is 0.228 e. The van der Waals surface area contributed by atoms with Gasteiger partial charge >= 0.3 is 0 Å². The summed E-state index contributed by atoms with van der Waals surface area (Å²) in [5.74, 6) is 1.08. The van der Waals surface area contributed by atoms with Crippen LogP contribution in [0, 0.1) is 5.92 Å². The van der Waals surface area contributed by atoms with Crippen LogP contribution in [0.4, 0.5) is 5.82 Å². The molecule has 2 rings (SSSR count). The molecule has 0 aliphatic carbocycles. The number of hydrogen-bond donors (Lipinski definition) is 1. The molecule has 1 aliphatic heterocycles. The fraction of sp³-hybridized carbons (Fsp3) is 0.538. The molecular weight excluding hydrogens is 216 g/mol. The summed E-state index contributed by atoms with van der Waals surface area (Å²) in [5.41, 5.74) is 1.01. The van der Waals surface area contributed by atoms with Gasteiger partial charge in [-0.25, -0.2) is 4.98 Å². The Bertz CT molecular complexity index is 429. The van der Waals surface area contributed by atoms with Crippen molar-refractivity contribution in [1.29, 1.82) is 0 Å². The molecule has 0 bridgehead atoms. The molecule has 92 valence electrons. The van der Waals surface area contributed by atoms with Crippen molar-refractivity contribution in [3.63, 3.8) is 0 Å². The molecule has 17 heavy (non-hydrogen) atoms. The van der Waals surface area contributed by atoms with Crippen LogP contribution < -0.4 is 4.90 Å². The standard InChI is InChI=1S/C13H18N2O2/c1-9(2)6-10-7-11(16)13(14-8-10)15-5-3-4-12(15)17/h7-9,16H,3-6H2,1-2H3. The maximum absolute atomic E-state index is 11.6. The van der Waals surface area contributed by atoms with Crippen molar-refractivity contribution in [3.05, 3.63) is 17.8 Å². The van der Waals surface area contributed by atoms with Crippen LogP contribution in [0.2, 0.25) is 0 Å². The van der Waals surface area contributed by atoms with Gasteiger partial charge in [-0.15, -0.1) is 0 Å². The Balaban J connectivity index is 2.22. The van der Waals surface area contributed by atoms with Crippen LogP contribution in [0.1, 0.15) is 32.3 Å². The number of anilines is 1.